The molecule has 0 aliphatic heterocycles. The number of imidazole rings is 1. The van der Waals surface area contributed by atoms with Crippen LogP contribution in [0.3, 0.4) is 0 Å². The van der Waals surface area contributed by atoms with Crippen molar-refractivity contribution < 1.29 is 5.11 Å². The van der Waals surface area contributed by atoms with Crippen LogP contribution < -0.4 is 5.19 Å². The van der Waals surface area contributed by atoms with Gasteiger partial charge < -0.3 is 9.67 Å². The van der Waals surface area contributed by atoms with Gasteiger partial charge in [0.25, 0.3) is 0 Å². The van der Waals surface area contributed by atoms with Gasteiger partial charge in [0.15, 0.2) is 0 Å². The first kappa shape index (κ1) is 36.2. The van der Waals surface area contributed by atoms with Gasteiger partial charge in [-0.1, -0.05) is 118 Å². The van der Waals surface area contributed by atoms with E-state index in [0.717, 1.165) is 56.1 Å². The van der Waals surface area contributed by atoms with Crippen molar-refractivity contribution in [3.05, 3.63) is 102 Å². The van der Waals surface area contributed by atoms with Gasteiger partial charge in [0.1, 0.15) is 17.1 Å². The topological polar surface area (TPSA) is 63.8 Å². The molecule has 3 aromatic carbocycles. The molecule has 0 bridgehead atoms. The Morgan fingerprint density at radius 1 is 0.647 bits per heavy atom. The van der Waals surface area contributed by atoms with E-state index >= 15 is 0 Å². The Labute approximate surface area is 305 Å². The molecule has 0 aliphatic rings. The monoisotopic (exact) mass is 694 g/mol. The Hall–Kier alpha value is -4.55. The normalized spacial score (nSPS) is 12.9. The lowest BCUT2D eigenvalue weighted by molar-refractivity contribution is 0.446. The number of nitrogens with zero attached hydrogens (tertiary/aromatic N) is 4. The number of fused-ring (bicyclic) bond motifs is 1. The van der Waals surface area contributed by atoms with Crippen LogP contribution in [0.25, 0.3) is 56.1 Å². The molecule has 264 valence electrons. The maximum absolute atomic E-state index is 11.8. The highest BCUT2D eigenvalue weighted by atomic mass is 28.3. The summed E-state index contributed by atoms with van der Waals surface area (Å²) in [6, 6.07) is 26.0. The van der Waals surface area contributed by atoms with Gasteiger partial charge in [-0.05, 0) is 80.1 Å². The van der Waals surface area contributed by atoms with Crippen LogP contribution in [0.1, 0.15) is 79.0 Å². The summed E-state index contributed by atoms with van der Waals surface area (Å²) in [4.78, 5) is 15.4. The molecule has 6 heteroatoms. The molecule has 51 heavy (non-hydrogen) atoms. The molecule has 0 spiro atoms. The molecule has 0 amide bonds. The summed E-state index contributed by atoms with van der Waals surface area (Å²) >= 11 is 0. The fourth-order valence-corrected chi connectivity index (χ4v) is 8.27. The molecule has 5 nitrogen and oxygen atoms in total. The molecule has 3 heterocycles. The van der Waals surface area contributed by atoms with Crippen molar-refractivity contribution >= 4 is 24.3 Å². The zero-order valence-electron chi connectivity index (χ0n) is 32.8. The number of phenolic OH excluding ortho intramolecular Hbond substituents is 1. The molecule has 1 N–H and O–H groups in total. The minimum absolute atomic E-state index is 0.106. The minimum Gasteiger partial charge on any atom is -0.507 e. The maximum Gasteiger partial charge on any atom is 0.144 e. The van der Waals surface area contributed by atoms with Crippen LogP contribution in [0.5, 0.6) is 5.75 Å². The molecular weight excluding hydrogens is 641 g/mol. The Morgan fingerprint density at radius 2 is 1.27 bits per heavy atom. The Bertz CT molecular complexity index is 2260. The van der Waals surface area contributed by atoms with E-state index in [1.54, 1.807) is 0 Å². The molecule has 0 radical (unpaired) electrons. The molecule has 0 saturated heterocycles. The van der Waals surface area contributed by atoms with Crippen LogP contribution in [0.4, 0.5) is 0 Å². The predicted octanol–water partition coefficient (Wildman–Crippen LogP) is 11.2. The van der Waals surface area contributed by atoms with E-state index < -0.39 is 8.07 Å². The molecule has 6 aromatic rings. The van der Waals surface area contributed by atoms with Crippen molar-refractivity contribution in [2.24, 2.45) is 7.05 Å². The number of rotatable bonds is 5. The number of phenols is 1. The SMILES string of the molecule is Cn1c(-c2cc(C(C)(C)C)cc(C(C)(C)C)c2O)nc2c(-c3cc(-c4cc(-c5ccccc5)c([Si](C)(C)C)cn4)cc(C(C)(C)C)c3)nccc21. The van der Waals surface area contributed by atoms with Gasteiger partial charge in [-0.15, -0.1) is 0 Å². The first-order chi connectivity index (χ1) is 23.6. The molecular formula is C45H54N4OSi. The summed E-state index contributed by atoms with van der Waals surface area (Å²) in [5.41, 5.74) is 11.6. The highest BCUT2D eigenvalue weighted by Crippen LogP contribution is 2.43. The molecule has 0 atom stereocenters. The average molecular weight is 695 g/mol. The van der Waals surface area contributed by atoms with Crippen LogP contribution in [-0.2, 0) is 23.3 Å². The highest BCUT2D eigenvalue weighted by molar-refractivity contribution is 6.89. The summed E-state index contributed by atoms with van der Waals surface area (Å²) in [7, 11) is 0.344. The molecule has 3 aromatic heterocycles. The quantitative estimate of drug-likeness (QED) is 0.182. The van der Waals surface area contributed by atoms with Crippen molar-refractivity contribution in [3.63, 3.8) is 0 Å². The van der Waals surface area contributed by atoms with Crippen LogP contribution in [0, 0.1) is 0 Å². The van der Waals surface area contributed by atoms with Gasteiger partial charge >= 0.3 is 0 Å². The Balaban J connectivity index is 1.59. The second-order valence-corrected chi connectivity index (χ2v) is 23.3. The van der Waals surface area contributed by atoms with Gasteiger partial charge in [-0.3, -0.25) is 9.97 Å². The summed E-state index contributed by atoms with van der Waals surface area (Å²) in [5.74, 6) is 0.999. The van der Waals surface area contributed by atoms with E-state index in [0.29, 0.717) is 0 Å². The lowest BCUT2D eigenvalue weighted by Gasteiger charge is -2.27. The number of aromatic nitrogens is 4. The van der Waals surface area contributed by atoms with Gasteiger partial charge in [0, 0.05) is 36.1 Å². The van der Waals surface area contributed by atoms with E-state index in [2.05, 4.69) is 159 Å². The van der Waals surface area contributed by atoms with Crippen molar-refractivity contribution in [1.82, 2.24) is 19.5 Å². The van der Waals surface area contributed by atoms with E-state index in [4.69, 9.17) is 15.0 Å². The van der Waals surface area contributed by atoms with Gasteiger partial charge in [-0.2, -0.15) is 0 Å². The third kappa shape index (κ3) is 7.03. The summed E-state index contributed by atoms with van der Waals surface area (Å²) in [5, 5.41) is 13.1. The number of benzene rings is 3. The zero-order valence-corrected chi connectivity index (χ0v) is 33.8. The van der Waals surface area contributed by atoms with E-state index in [1.807, 2.05) is 19.3 Å². The van der Waals surface area contributed by atoms with Gasteiger partial charge in [0.05, 0.1) is 30.5 Å². The first-order valence-corrected chi connectivity index (χ1v) is 21.6. The van der Waals surface area contributed by atoms with Crippen molar-refractivity contribution in [2.75, 3.05) is 0 Å². The Morgan fingerprint density at radius 3 is 1.88 bits per heavy atom. The van der Waals surface area contributed by atoms with Gasteiger partial charge in [-0.25, -0.2) is 4.98 Å². The first-order valence-electron chi connectivity index (χ1n) is 18.1. The second-order valence-electron chi connectivity index (χ2n) is 18.2. The molecule has 6 rings (SSSR count). The zero-order chi connectivity index (χ0) is 37.3. The van der Waals surface area contributed by atoms with E-state index in [9.17, 15) is 5.11 Å². The lowest BCUT2D eigenvalue weighted by atomic mass is 9.79. The lowest BCUT2D eigenvalue weighted by Crippen LogP contribution is -2.39. The standard InChI is InChI=1S/C45H54N4OSi/c1-43(2,3)31-22-29(36-26-33(28-17-15-14-16-18-28)38(27-47-36)51(11,12)13)21-30(23-31)39-40-37(19-20-46-39)49(10)42(48-40)34-24-32(44(4,5)6)25-35(41(34)50)45(7,8)9/h14-27,50H,1-13H3. The average Bonchev–Trinajstić information content (AvgIpc) is 3.38. The highest BCUT2D eigenvalue weighted by Gasteiger charge is 2.28. The van der Waals surface area contributed by atoms with Crippen molar-refractivity contribution in [2.45, 2.75) is 98.2 Å². The van der Waals surface area contributed by atoms with E-state index in [1.165, 1.54) is 21.9 Å². The Kier molecular flexibility index (Phi) is 8.95. The maximum atomic E-state index is 11.8. The smallest absolute Gasteiger partial charge is 0.144 e. The van der Waals surface area contributed by atoms with Gasteiger partial charge in [0.2, 0.25) is 0 Å². The number of pyridine rings is 2. The number of hydrogen-bond acceptors (Lipinski definition) is 4. The van der Waals surface area contributed by atoms with Crippen LogP contribution in [0.15, 0.2) is 85.2 Å². The van der Waals surface area contributed by atoms with E-state index in [-0.39, 0.29) is 22.0 Å². The molecule has 0 fully saturated rings. The number of aryl methyl sites for hydroxylation is 1. The minimum atomic E-state index is -1.68. The van der Waals surface area contributed by atoms with Crippen LogP contribution in [0.2, 0.25) is 19.6 Å². The third-order valence-corrected chi connectivity index (χ3v) is 12.0. The summed E-state index contributed by atoms with van der Waals surface area (Å²) in [6.45, 7) is 26.9. The van der Waals surface area contributed by atoms with Crippen molar-refractivity contribution in [3.8, 4) is 50.8 Å². The summed E-state index contributed by atoms with van der Waals surface area (Å²) in [6.07, 6.45) is 3.98. The number of aromatic hydroxyl groups is 1. The third-order valence-electron chi connectivity index (χ3n) is 9.99. The largest absolute Gasteiger partial charge is 0.507 e. The number of hydrogen-bond donors (Lipinski definition) is 1. The van der Waals surface area contributed by atoms with Crippen molar-refractivity contribution in [1.29, 1.82) is 0 Å². The summed E-state index contributed by atoms with van der Waals surface area (Å²) < 4.78 is 2.09. The van der Waals surface area contributed by atoms with Crippen LogP contribution >= 0.6 is 0 Å². The van der Waals surface area contributed by atoms with Crippen LogP contribution in [-0.4, -0.2) is 32.7 Å². The fraction of sp³-hybridized carbons (Fsp3) is 0.356. The second kappa shape index (κ2) is 12.6. The fourth-order valence-electron chi connectivity index (χ4n) is 6.79. The predicted molar refractivity (Wildman–Crippen MR) is 219 cm³/mol. The molecule has 0 aliphatic carbocycles. The molecule has 0 saturated carbocycles. The molecule has 0 unspecified atom stereocenters.